The van der Waals surface area contributed by atoms with Gasteiger partial charge in [0.05, 0.1) is 12.2 Å². The Balaban J connectivity index is 2.02. The second-order valence-corrected chi connectivity index (χ2v) is 6.31. The van der Waals surface area contributed by atoms with Crippen molar-refractivity contribution in [2.24, 2.45) is 5.73 Å². The zero-order valence-corrected chi connectivity index (χ0v) is 15.4. The van der Waals surface area contributed by atoms with Gasteiger partial charge in [-0.15, -0.1) is 0 Å². The van der Waals surface area contributed by atoms with Crippen molar-refractivity contribution >= 4 is 17.5 Å². The molecule has 0 aromatic heterocycles. The van der Waals surface area contributed by atoms with Crippen LogP contribution in [0.15, 0.2) is 42.5 Å². The van der Waals surface area contributed by atoms with Gasteiger partial charge in [-0.05, 0) is 24.1 Å². The number of amides is 2. The van der Waals surface area contributed by atoms with E-state index < -0.39 is 35.1 Å². The van der Waals surface area contributed by atoms with Crippen molar-refractivity contribution in [1.82, 2.24) is 4.90 Å². The largest absolute Gasteiger partial charge is 0.333 e. The van der Waals surface area contributed by atoms with E-state index >= 15 is 0 Å². The number of nitrogens with zero attached hydrogens (tertiary/aromatic N) is 1. The lowest BCUT2D eigenvalue weighted by atomic mass is 10.0. The van der Waals surface area contributed by atoms with Crippen LogP contribution in [-0.4, -0.2) is 29.8 Å². The Morgan fingerprint density at radius 3 is 2.39 bits per heavy atom. The molecular formula is C20H22F3N3O2. The fourth-order valence-electron chi connectivity index (χ4n) is 2.68. The molecule has 28 heavy (non-hydrogen) atoms. The summed E-state index contributed by atoms with van der Waals surface area (Å²) in [6, 6.07) is 10.2. The number of nitrogens with two attached hydrogens (primary N) is 1. The molecule has 0 bridgehead atoms. The summed E-state index contributed by atoms with van der Waals surface area (Å²) in [5.41, 5.74) is 6.36. The molecule has 8 heteroatoms. The predicted octanol–water partition coefficient (Wildman–Crippen LogP) is 3.37. The van der Waals surface area contributed by atoms with Crippen LogP contribution in [-0.2, 0) is 9.59 Å². The molecule has 5 nitrogen and oxygen atoms in total. The van der Waals surface area contributed by atoms with Crippen LogP contribution in [0.4, 0.5) is 18.9 Å². The molecule has 0 saturated carbocycles. The molecule has 3 N–H and O–H groups in total. The molecule has 0 fully saturated rings. The third kappa shape index (κ3) is 5.56. The van der Waals surface area contributed by atoms with Crippen LogP contribution in [0.1, 0.15) is 31.4 Å². The van der Waals surface area contributed by atoms with Crippen LogP contribution < -0.4 is 11.1 Å². The summed E-state index contributed by atoms with van der Waals surface area (Å²) in [7, 11) is 0. The summed E-state index contributed by atoms with van der Waals surface area (Å²) in [4.78, 5) is 26.0. The third-order valence-corrected chi connectivity index (χ3v) is 4.11. The molecule has 0 radical (unpaired) electrons. The zero-order valence-electron chi connectivity index (χ0n) is 15.4. The number of halogens is 3. The average Bonchev–Trinajstić information content (AvgIpc) is 2.68. The van der Waals surface area contributed by atoms with Crippen LogP contribution in [0.25, 0.3) is 0 Å². The molecule has 0 heterocycles. The first-order valence-corrected chi connectivity index (χ1v) is 8.85. The minimum atomic E-state index is -1.67. The molecule has 1 unspecified atom stereocenters. The van der Waals surface area contributed by atoms with Crippen molar-refractivity contribution < 1.29 is 22.8 Å². The number of hydrogen-bond acceptors (Lipinski definition) is 3. The summed E-state index contributed by atoms with van der Waals surface area (Å²) >= 11 is 0. The molecule has 0 aliphatic carbocycles. The predicted molar refractivity (Wildman–Crippen MR) is 99.8 cm³/mol. The fraction of sp³-hybridized carbons (Fsp3) is 0.300. The smallest absolute Gasteiger partial charge is 0.244 e. The molecular weight excluding hydrogens is 371 g/mol. The van der Waals surface area contributed by atoms with E-state index in [4.69, 9.17) is 5.73 Å². The molecule has 2 amide bonds. The standard InChI is InChI=1S/C20H22F3N3O2/c1-2-10-26(18(28)11-15(24)13-6-4-3-5-7-13)12-17(27)25-16-9-8-14(21)19(22)20(16)23/h3-9,15H,2,10-12,24H2,1H3,(H,25,27). The van der Waals surface area contributed by atoms with Gasteiger partial charge in [0.1, 0.15) is 0 Å². The molecule has 1 atom stereocenters. The quantitative estimate of drug-likeness (QED) is 0.676. The van der Waals surface area contributed by atoms with Crippen LogP contribution in [0.3, 0.4) is 0 Å². The number of anilines is 1. The molecule has 0 aliphatic rings. The Hall–Kier alpha value is -2.87. The third-order valence-electron chi connectivity index (χ3n) is 4.11. The van der Waals surface area contributed by atoms with Crippen molar-refractivity contribution in [3.05, 3.63) is 65.5 Å². The monoisotopic (exact) mass is 393 g/mol. The second kappa shape index (κ2) is 9.89. The Labute approximate surface area is 161 Å². The number of benzene rings is 2. The highest BCUT2D eigenvalue weighted by molar-refractivity contribution is 5.94. The minimum Gasteiger partial charge on any atom is -0.333 e. The van der Waals surface area contributed by atoms with Gasteiger partial charge in [0, 0.05) is 19.0 Å². The van der Waals surface area contributed by atoms with Gasteiger partial charge in [0.15, 0.2) is 17.5 Å². The lowest BCUT2D eigenvalue weighted by Crippen LogP contribution is -2.39. The van der Waals surface area contributed by atoms with E-state index in [-0.39, 0.29) is 18.9 Å². The molecule has 2 aromatic carbocycles. The summed E-state index contributed by atoms with van der Waals surface area (Å²) in [6.07, 6.45) is 0.593. The Morgan fingerprint density at radius 1 is 1.07 bits per heavy atom. The van der Waals surface area contributed by atoms with Crippen molar-refractivity contribution in [1.29, 1.82) is 0 Å². The van der Waals surface area contributed by atoms with E-state index in [9.17, 15) is 22.8 Å². The topological polar surface area (TPSA) is 75.4 Å². The second-order valence-electron chi connectivity index (χ2n) is 6.31. The first-order valence-electron chi connectivity index (χ1n) is 8.85. The summed E-state index contributed by atoms with van der Waals surface area (Å²) in [5.74, 6) is -5.58. The number of hydrogen-bond donors (Lipinski definition) is 2. The van der Waals surface area contributed by atoms with Gasteiger partial charge < -0.3 is 16.0 Å². The molecule has 0 spiro atoms. The molecule has 2 rings (SSSR count). The van der Waals surface area contributed by atoms with Gasteiger partial charge >= 0.3 is 0 Å². The van der Waals surface area contributed by atoms with E-state index in [1.165, 1.54) is 4.90 Å². The van der Waals surface area contributed by atoms with Crippen molar-refractivity contribution in [3.8, 4) is 0 Å². The van der Waals surface area contributed by atoms with Crippen LogP contribution in [0.5, 0.6) is 0 Å². The van der Waals surface area contributed by atoms with Crippen molar-refractivity contribution in [3.63, 3.8) is 0 Å². The highest BCUT2D eigenvalue weighted by Crippen LogP contribution is 2.20. The van der Waals surface area contributed by atoms with E-state index in [0.717, 1.165) is 11.6 Å². The first kappa shape index (κ1) is 21.4. The maximum Gasteiger partial charge on any atom is 0.244 e. The Morgan fingerprint density at radius 2 is 1.75 bits per heavy atom. The minimum absolute atomic E-state index is 0.00314. The van der Waals surface area contributed by atoms with Crippen LogP contribution in [0.2, 0.25) is 0 Å². The van der Waals surface area contributed by atoms with Gasteiger partial charge in [0.2, 0.25) is 11.8 Å². The highest BCUT2D eigenvalue weighted by Gasteiger charge is 2.21. The maximum atomic E-state index is 13.7. The maximum absolute atomic E-state index is 13.7. The van der Waals surface area contributed by atoms with Crippen LogP contribution in [0, 0.1) is 17.5 Å². The molecule has 2 aromatic rings. The molecule has 0 aliphatic heterocycles. The normalized spacial score (nSPS) is 11.8. The van der Waals surface area contributed by atoms with E-state index in [0.29, 0.717) is 19.0 Å². The molecule has 0 saturated heterocycles. The number of nitrogens with one attached hydrogen (secondary N) is 1. The van der Waals surface area contributed by atoms with E-state index in [2.05, 4.69) is 5.32 Å². The van der Waals surface area contributed by atoms with Gasteiger partial charge in [0.25, 0.3) is 0 Å². The number of carbonyl (C=O) groups excluding carboxylic acids is 2. The number of rotatable bonds is 8. The van der Waals surface area contributed by atoms with Crippen molar-refractivity contribution in [2.45, 2.75) is 25.8 Å². The Kier molecular flexibility index (Phi) is 7.57. The lowest BCUT2D eigenvalue weighted by Gasteiger charge is -2.23. The molecule has 150 valence electrons. The summed E-state index contributed by atoms with van der Waals surface area (Å²) in [5, 5.41) is 2.16. The summed E-state index contributed by atoms with van der Waals surface area (Å²) < 4.78 is 40.0. The average molecular weight is 393 g/mol. The highest BCUT2D eigenvalue weighted by atomic mass is 19.2. The van der Waals surface area contributed by atoms with Crippen LogP contribution >= 0.6 is 0 Å². The number of carbonyl (C=O) groups is 2. The van der Waals surface area contributed by atoms with Crippen molar-refractivity contribution in [2.75, 3.05) is 18.4 Å². The van der Waals surface area contributed by atoms with Gasteiger partial charge in [-0.2, -0.15) is 0 Å². The fourth-order valence-corrected chi connectivity index (χ4v) is 2.68. The van der Waals surface area contributed by atoms with E-state index in [1.54, 1.807) is 12.1 Å². The lowest BCUT2D eigenvalue weighted by molar-refractivity contribution is -0.135. The van der Waals surface area contributed by atoms with Gasteiger partial charge in [-0.3, -0.25) is 9.59 Å². The van der Waals surface area contributed by atoms with E-state index in [1.807, 2.05) is 25.1 Å². The van der Waals surface area contributed by atoms with Gasteiger partial charge in [-0.1, -0.05) is 37.3 Å². The Bertz CT molecular complexity index is 831. The SMILES string of the molecule is CCCN(CC(=O)Nc1ccc(F)c(F)c1F)C(=O)CC(N)c1ccccc1. The summed E-state index contributed by atoms with van der Waals surface area (Å²) in [6.45, 7) is 1.78. The first-order chi connectivity index (χ1) is 13.3. The zero-order chi connectivity index (χ0) is 20.7. The van der Waals surface area contributed by atoms with Gasteiger partial charge in [-0.25, -0.2) is 13.2 Å².